The average Bonchev–Trinajstić information content (AvgIpc) is 1.64. The number of rotatable bonds is 15. The molecule has 7 N–H and O–H groups in total. The summed E-state index contributed by atoms with van der Waals surface area (Å²) in [7, 11) is 4.99. The molecule has 5 aliphatic rings. The van der Waals surface area contributed by atoms with Gasteiger partial charge < -0.3 is 51.9 Å². The second-order valence-corrected chi connectivity index (χ2v) is 30.5. The molecule has 20 nitrogen and oxygen atoms in total. The molecule has 0 radical (unpaired) electrons. The van der Waals surface area contributed by atoms with Crippen molar-refractivity contribution in [3.8, 4) is 0 Å². The third-order valence-electron chi connectivity index (χ3n) is 21.8. The molecule has 10 aromatic carbocycles. The molecule has 0 bridgehead atoms. The Balaban J connectivity index is 0.000000149. The highest BCUT2D eigenvalue weighted by Gasteiger charge is 2.48. The second-order valence-electron chi connectivity index (χ2n) is 30.5. The average molecular weight is 1680 g/mol. The van der Waals surface area contributed by atoms with E-state index >= 15 is 0 Å². The molecule has 122 heavy (non-hydrogen) atoms. The lowest BCUT2D eigenvalue weighted by Gasteiger charge is -2.17. The number of para-hydroxylation sites is 2. The predicted octanol–water partition coefficient (Wildman–Crippen LogP) is 14.6. The van der Waals surface area contributed by atoms with Crippen molar-refractivity contribution >= 4 is 87.5 Å². The van der Waals surface area contributed by atoms with Gasteiger partial charge in [0.2, 0.25) is 59.1 Å². The van der Waals surface area contributed by atoms with Crippen LogP contribution < -0.4 is 37.2 Å². The van der Waals surface area contributed by atoms with Crippen molar-refractivity contribution in [2.24, 2.45) is 29.6 Å². The quantitative estimate of drug-likeness (QED) is 0.0290. The van der Waals surface area contributed by atoms with E-state index in [1.54, 1.807) is 55.2 Å². The van der Waals surface area contributed by atoms with E-state index in [4.69, 9.17) is 0 Å². The number of nitrogens with zero attached hydrogens (tertiary/aromatic N) is 3. The fourth-order valence-corrected chi connectivity index (χ4v) is 15.0. The minimum atomic E-state index is -1.68. The first-order chi connectivity index (χ1) is 58.2. The van der Waals surface area contributed by atoms with Crippen molar-refractivity contribution in [1.82, 2.24) is 25.3 Å². The van der Waals surface area contributed by atoms with Gasteiger partial charge in [-0.05, 0) is 123 Å². The Bertz CT molecular complexity index is 5440. The molecule has 5 aliphatic heterocycles. The lowest BCUT2D eigenvalue weighted by molar-refractivity contribution is -0.136. The van der Waals surface area contributed by atoms with Gasteiger partial charge in [0.1, 0.15) is 41.2 Å². The molecule has 632 valence electrons. The Morgan fingerprint density at radius 1 is 0.270 bits per heavy atom. The summed E-state index contributed by atoms with van der Waals surface area (Å²) in [6.07, 6.45) is 0. The van der Waals surface area contributed by atoms with Crippen LogP contribution in [0.1, 0.15) is 85.2 Å². The van der Waals surface area contributed by atoms with Gasteiger partial charge in [-0.2, -0.15) is 0 Å². The van der Waals surface area contributed by atoms with Crippen molar-refractivity contribution in [2.45, 2.75) is 64.2 Å². The van der Waals surface area contributed by atoms with Crippen molar-refractivity contribution < 1.29 is 87.5 Å². The summed E-state index contributed by atoms with van der Waals surface area (Å²) in [5, 5.41) is 17.2. The number of hydrogen-bond donors (Lipinski definition) is 7. The van der Waals surface area contributed by atoms with E-state index in [-0.39, 0.29) is 70.7 Å². The zero-order chi connectivity index (χ0) is 88.1. The number of nitrogens with one attached hydrogen (secondary N) is 7. The van der Waals surface area contributed by atoms with Gasteiger partial charge in [-0.1, -0.05) is 186 Å². The number of halogens is 9. The second kappa shape index (κ2) is 39.4. The maximum atomic E-state index is 13.8. The van der Waals surface area contributed by atoms with Gasteiger partial charge in [-0.25, -0.2) is 39.5 Å². The monoisotopic (exact) mass is 1670 g/mol. The van der Waals surface area contributed by atoms with E-state index in [1.165, 1.54) is 53.4 Å². The Morgan fingerprint density at radius 3 is 0.803 bits per heavy atom. The fourth-order valence-electron chi connectivity index (χ4n) is 15.0. The van der Waals surface area contributed by atoms with E-state index in [0.29, 0.717) is 32.2 Å². The summed E-state index contributed by atoms with van der Waals surface area (Å²) in [5.41, 5.74) is 8.90. The number of benzene rings is 10. The van der Waals surface area contributed by atoms with Crippen LogP contribution in [0.4, 0.5) is 68.0 Å². The van der Waals surface area contributed by atoms with Crippen LogP contribution in [0, 0.1) is 117 Å². The summed E-state index contributed by atoms with van der Waals surface area (Å²) >= 11 is 0. The molecule has 29 heteroatoms. The number of amides is 10. The first kappa shape index (κ1) is 89.1. The van der Waals surface area contributed by atoms with Gasteiger partial charge in [0, 0.05) is 83.5 Å². The first-order valence-electron chi connectivity index (χ1n) is 38.9. The van der Waals surface area contributed by atoms with Crippen molar-refractivity contribution in [1.29, 1.82) is 0 Å². The number of carbonyl (C=O) groups is 10. The topological polar surface area (TPSA) is 265 Å². The zero-order valence-corrected chi connectivity index (χ0v) is 67.4. The van der Waals surface area contributed by atoms with Crippen molar-refractivity contribution in [2.75, 3.05) is 80.5 Å². The molecule has 0 aromatic heterocycles. The summed E-state index contributed by atoms with van der Waals surface area (Å²) < 4.78 is 122. The van der Waals surface area contributed by atoms with Crippen LogP contribution in [0.15, 0.2) is 218 Å². The standard InChI is InChI=1S/C19H18F2N2O2.2C19H19FN2O2.C18H15F3N2O2.C18H16F2N2O2/c1-11-6-8-12(9-7-11)13-10-23(2)19(25)16(13)18(24)22-15-5-3-4-14(20)17(15)21;2*1-12-7-9-13(10-8-12)14-11-22(2)19(24)17(14)18(23)21-16-6-4-3-5-15(16)20;1-9-2-4-10(5-3-9)11-8-22-17(24)14(11)18(25)23-13-7-6-12(19)15(20)16(13)21;1-10-5-7-11(8-6-10)12-9-21-17(23)15(12)18(24)22-14-4-2-3-13(19)16(14)20/h3-9,13,16H,10H2,1-2H3,(H,22,24);2*3-10,14,17H,11H2,1-2H3,(H,21,23);2-7,11,14H,8H2,1H3,(H,22,24)(H,23,25);2-8,12,15H,9H2,1H3,(H,21,23)(H,22,24). The lowest BCUT2D eigenvalue weighted by Crippen LogP contribution is -2.33. The van der Waals surface area contributed by atoms with Gasteiger partial charge in [0.05, 0.1) is 28.4 Å². The van der Waals surface area contributed by atoms with Crippen LogP contribution in [-0.4, -0.2) is 128 Å². The molecular formula is C93H87F9N10O10. The number of likely N-dealkylation sites (tertiary alicyclic amines) is 3. The van der Waals surface area contributed by atoms with Crippen LogP contribution in [0.5, 0.6) is 0 Å². The van der Waals surface area contributed by atoms with E-state index in [9.17, 15) is 87.5 Å². The summed E-state index contributed by atoms with van der Waals surface area (Å²) in [6.45, 7) is 11.7. The van der Waals surface area contributed by atoms with Crippen LogP contribution in [0.2, 0.25) is 0 Å². The summed E-state index contributed by atoms with van der Waals surface area (Å²) in [5.74, 6) is -21.0. The molecule has 10 amide bonds. The maximum Gasteiger partial charge on any atom is 0.237 e. The molecule has 10 aromatic rings. The van der Waals surface area contributed by atoms with Gasteiger partial charge in [-0.15, -0.1) is 0 Å². The molecule has 10 atom stereocenters. The highest BCUT2D eigenvalue weighted by atomic mass is 19.2. The van der Waals surface area contributed by atoms with Crippen molar-refractivity contribution in [3.05, 3.63) is 326 Å². The molecule has 0 spiro atoms. The Hall–Kier alpha value is -13.7. The van der Waals surface area contributed by atoms with E-state index in [2.05, 4.69) is 37.2 Å². The Kier molecular flexibility index (Phi) is 28.8. The number of hydrogen-bond acceptors (Lipinski definition) is 10. The first-order valence-corrected chi connectivity index (χ1v) is 38.9. The highest BCUT2D eigenvalue weighted by molar-refractivity contribution is 6.12. The van der Waals surface area contributed by atoms with E-state index < -0.39 is 135 Å². The van der Waals surface area contributed by atoms with Gasteiger partial charge in [0.15, 0.2) is 40.7 Å². The van der Waals surface area contributed by atoms with Crippen LogP contribution in [-0.2, 0) is 47.9 Å². The lowest BCUT2D eigenvalue weighted by atomic mass is 9.87. The smallest absolute Gasteiger partial charge is 0.237 e. The van der Waals surface area contributed by atoms with Crippen LogP contribution >= 0.6 is 0 Å². The minimum Gasteiger partial charge on any atom is -0.355 e. The molecule has 5 heterocycles. The number of likely N-dealkylation sites (N-methyl/N-ethyl adjacent to an activating group) is 3. The van der Waals surface area contributed by atoms with Gasteiger partial charge in [0.25, 0.3) is 0 Å². The highest BCUT2D eigenvalue weighted by Crippen LogP contribution is 2.40. The normalized spacial score (nSPS) is 20.0. The Morgan fingerprint density at radius 2 is 0.508 bits per heavy atom. The molecule has 5 saturated heterocycles. The fraction of sp³-hybridized carbons (Fsp3) is 0.247. The molecule has 5 fully saturated rings. The summed E-state index contributed by atoms with van der Waals surface area (Å²) in [6, 6.07) is 58.7. The van der Waals surface area contributed by atoms with Gasteiger partial charge in [-0.3, -0.25) is 47.9 Å². The zero-order valence-electron chi connectivity index (χ0n) is 67.4. The SMILES string of the molecule is Cc1ccc(C2CN(C)C(=O)C2C(=O)Nc2cccc(F)c2F)cc1.Cc1ccc(C2CN(C)C(=O)C2C(=O)Nc2ccccc2F)cc1.Cc1ccc(C2CN(C)C(=O)C2C(=O)Nc2ccccc2F)cc1.Cc1ccc(C2CNC(=O)C2C(=O)Nc2ccc(F)c(F)c2F)cc1.Cc1ccc(C2CNC(=O)C2C(=O)Nc2cccc(F)c2F)cc1. The van der Waals surface area contributed by atoms with Crippen LogP contribution in [0.25, 0.3) is 0 Å². The largest absolute Gasteiger partial charge is 0.355 e. The third-order valence-corrected chi connectivity index (χ3v) is 21.8. The molecular weight excluding hydrogens is 1590 g/mol. The maximum absolute atomic E-state index is 13.8. The minimum absolute atomic E-state index is 0.0903. The van der Waals surface area contributed by atoms with Crippen molar-refractivity contribution in [3.63, 3.8) is 0 Å². The van der Waals surface area contributed by atoms with E-state index in [1.807, 2.05) is 156 Å². The predicted molar refractivity (Wildman–Crippen MR) is 441 cm³/mol. The molecule has 15 rings (SSSR count). The molecule has 0 saturated carbocycles. The molecule has 0 aliphatic carbocycles. The van der Waals surface area contributed by atoms with E-state index in [0.717, 1.165) is 73.8 Å². The molecule has 10 unspecified atom stereocenters. The van der Waals surface area contributed by atoms with Gasteiger partial charge >= 0.3 is 0 Å². The number of carbonyl (C=O) groups excluding carboxylic acids is 10. The number of anilines is 5. The number of aryl methyl sites for hydroxylation is 5. The third kappa shape index (κ3) is 20.9. The Labute approximate surface area is 697 Å². The van der Waals surface area contributed by atoms with Crippen LogP contribution in [0.3, 0.4) is 0 Å². The summed E-state index contributed by atoms with van der Waals surface area (Å²) in [4.78, 5) is 129.